The van der Waals surface area contributed by atoms with Crippen LogP contribution in [-0.2, 0) is 19.1 Å². The van der Waals surface area contributed by atoms with E-state index in [2.05, 4.69) is 21.3 Å². The quantitative estimate of drug-likeness (QED) is 0.329. The molecule has 8 heteroatoms. The van der Waals surface area contributed by atoms with Crippen molar-refractivity contribution >= 4 is 11.9 Å². The standard InChI is InChI=1S/C11H20N4O4/c16-10(18-8-6-12-1-3-14-8)5-11(17)19-9-7-13-2-4-15-9/h8-9,12-15H,1-7H2. The third-order valence-corrected chi connectivity index (χ3v) is 2.84. The number of hydrogen-bond acceptors (Lipinski definition) is 8. The molecule has 0 aromatic heterocycles. The highest BCUT2D eigenvalue weighted by Gasteiger charge is 2.22. The van der Waals surface area contributed by atoms with Crippen molar-refractivity contribution in [2.75, 3.05) is 39.3 Å². The van der Waals surface area contributed by atoms with Crippen molar-refractivity contribution in [3.63, 3.8) is 0 Å². The molecule has 4 N–H and O–H groups in total. The SMILES string of the molecule is O=C(CC(=O)OC1CNCCN1)OC1CNCCN1. The monoisotopic (exact) mass is 272 g/mol. The Balaban J connectivity index is 1.64. The highest BCUT2D eigenvalue weighted by Crippen LogP contribution is 1.99. The molecule has 2 aliphatic rings. The Hall–Kier alpha value is -1.22. The zero-order valence-corrected chi connectivity index (χ0v) is 10.7. The summed E-state index contributed by atoms with van der Waals surface area (Å²) in [6.07, 6.45) is -1.11. The van der Waals surface area contributed by atoms with Crippen LogP contribution in [0.1, 0.15) is 6.42 Å². The molecule has 0 aliphatic carbocycles. The molecule has 0 aromatic rings. The van der Waals surface area contributed by atoms with Crippen LogP contribution in [0.4, 0.5) is 0 Å². The number of carbonyl (C=O) groups excluding carboxylic acids is 2. The highest BCUT2D eigenvalue weighted by molar-refractivity contribution is 5.91. The minimum atomic E-state index is -0.574. The number of nitrogens with one attached hydrogen (secondary N) is 4. The topological polar surface area (TPSA) is 101 Å². The van der Waals surface area contributed by atoms with E-state index in [0.717, 1.165) is 26.2 Å². The minimum absolute atomic E-state index is 0.365. The van der Waals surface area contributed by atoms with Gasteiger partial charge in [0.2, 0.25) is 0 Å². The van der Waals surface area contributed by atoms with Gasteiger partial charge in [-0.3, -0.25) is 20.2 Å². The Labute approximate surface area is 111 Å². The average Bonchev–Trinajstić information content (AvgIpc) is 2.40. The van der Waals surface area contributed by atoms with Gasteiger partial charge in [0.05, 0.1) is 0 Å². The van der Waals surface area contributed by atoms with Gasteiger partial charge in [0, 0.05) is 39.3 Å². The van der Waals surface area contributed by atoms with Crippen molar-refractivity contribution in [1.82, 2.24) is 21.3 Å². The van der Waals surface area contributed by atoms with Crippen LogP contribution in [0.5, 0.6) is 0 Å². The summed E-state index contributed by atoms with van der Waals surface area (Å²) in [4.78, 5) is 23.1. The van der Waals surface area contributed by atoms with Crippen LogP contribution in [0, 0.1) is 0 Å². The van der Waals surface area contributed by atoms with Crippen molar-refractivity contribution in [3.05, 3.63) is 0 Å². The molecule has 2 fully saturated rings. The van der Waals surface area contributed by atoms with Crippen LogP contribution in [0.25, 0.3) is 0 Å². The van der Waals surface area contributed by atoms with Gasteiger partial charge in [-0.1, -0.05) is 0 Å². The van der Waals surface area contributed by atoms with Gasteiger partial charge in [0.1, 0.15) is 6.42 Å². The van der Waals surface area contributed by atoms with Crippen molar-refractivity contribution in [2.24, 2.45) is 0 Å². The molecule has 2 atom stereocenters. The lowest BCUT2D eigenvalue weighted by molar-refractivity contribution is -0.162. The predicted octanol–water partition coefficient (Wildman–Crippen LogP) is -2.50. The van der Waals surface area contributed by atoms with Gasteiger partial charge in [-0.2, -0.15) is 0 Å². The summed E-state index contributed by atoms with van der Waals surface area (Å²) in [6.45, 7) is 4.26. The third kappa shape index (κ3) is 5.11. The summed E-state index contributed by atoms with van der Waals surface area (Å²) in [5, 5.41) is 12.2. The number of ether oxygens (including phenoxy) is 2. The van der Waals surface area contributed by atoms with Crippen LogP contribution in [0.15, 0.2) is 0 Å². The zero-order chi connectivity index (χ0) is 13.5. The zero-order valence-electron chi connectivity index (χ0n) is 10.7. The minimum Gasteiger partial charge on any atom is -0.445 e. The van der Waals surface area contributed by atoms with Gasteiger partial charge in [-0.05, 0) is 0 Å². The van der Waals surface area contributed by atoms with E-state index in [4.69, 9.17) is 9.47 Å². The first kappa shape index (κ1) is 14.2. The molecule has 2 rings (SSSR count). The maximum atomic E-state index is 11.5. The second kappa shape index (κ2) is 7.39. The Morgan fingerprint density at radius 2 is 1.32 bits per heavy atom. The van der Waals surface area contributed by atoms with E-state index in [-0.39, 0.29) is 18.9 Å². The first-order chi connectivity index (χ1) is 9.24. The lowest BCUT2D eigenvalue weighted by atomic mass is 10.4. The molecule has 19 heavy (non-hydrogen) atoms. The summed E-state index contributed by atoms with van der Waals surface area (Å²) in [6, 6.07) is 0. The van der Waals surface area contributed by atoms with Gasteiger partial charge in [0.25, 0.3) is 0 Å². The van der Waals surface area contributed by atoms with Crippen molar-refractivity contribution in [1.29, 1.82) is 0 Å². The number of hydrogen-bond donors (Lipinski definition) is 4. The van der Waals surface area contributed by atoms with E-state index in [1.807, 2.05) is 0 Å². The molecule has 0 aromatic carbocycles. The molecular weight excluding hydrogens is 252 g/mol. The Bertz CT molecular complexity index is 284. The maximum Gasteiger partial charge on any atom is 0.318 e. The second-order valence-electron chi connectivity index (χ2n) is 4.45. The van der Waals surface area contributed by atoms with Crippen LogP contribution in [0.2, 0.25) is 0 Å². The molecule has 0 saturated carbocycles. The molecule has 2 heterocycles. The number of piperazine rings is 2. The second-order valence-corrected chi connectivity index (χ2v) is 4.45. The van der Waals surface area contributed by atoms with E-state index < -0.39 is 11.9 Å². The summed E-state index contributed by atoms with van der Waals surface area (Å²) >= 11 is 0. The summed E-state index contributed by atoms with van der Waals surface area (Å²) in [7, 11) is 0. The fourth-order valence-electron chi connectivity index (χ4n) is 1.94. The van der Waals surface area contributed by atoms with Crippen LogP contribution in [0.3, 0.4) is 0 Å². The van der Waals surface area contributed by atoms with Crippen LogP contribution < -0.4 is 21.3 Å². The molecule has 0 amide bonds. The normalized spacial score (nSPS) is 27.6. The van der Waals surface area contributed by atoms with E-state index in [1.165, 1.54) is 0 Å². The van der Waals surface area contributed by atoms with Gasteiger partial charge in [0.15, 0.2) is 12.5 Å². The molecule has 0 spiro atoms. The third-order valence-electron chi connectivity index (χ3n) is 2.84. The number of rotatable bonds is 4. The first-order valence-corrected chi connectivity index (χ1v) is 6.51. The van der Waals surface area contributed by atoms with Gasteiger partial charge in [-0.25, -0.2) is 0 Å². The van der Waals surface area contributed by atoms with Crippen molar-refractivity contribution < 1.29 is 19.1 Å². The smallest absolute Gasteiger partial charge is 0.318 e. The van der Waals surface area contributed by atoms with Gasteiger partial charge in [-0.15, -0.1) is 0 Å². The van der Waals surface area contributed by atoms with Crippen LogP contribution >= 0.6 is 0 Å². The fraction of sp³-hybridized carbons (Fsp3) is 0.818. The molecule has 2 saturated heterocycles. The summed E-state index contributed by atoms with van der Waals surface area (Å²) in [5.41, 5.74) is 0. The molecule has 2 aliphatic heterocycles. The largest absolute Gasteiger partial charge is 0.445 e. The highest BCUT2D eigenvalue weighted by atomic mass is 16.6. The van der Waals surface area contributed by atoms with Gasteiger partial charge < -0.3 is 20.1 Å². The Morgan fingerprint density at radius 3 is 1.68 bits per heavy atom. The average molecular weight is 272 g/mol. The molecule has 8 nitrogen and oxygen atoms in total. The molecule has 108 valence electrons. The van der Waals surface area contributed by atoms with E-state index in [1.54, 1.807) is 0 Å². The van der Waals surface area contributed by atoms with Crippen molar-refractivity contribution in [3.8, 4) is 0 Å². The molecule has 2 unspecified atom stereocenters. The van der Waals surface area contributed by atoms with E-state index in [9.17, 15) is 9.59 Å². The summed E-state index contributed by atoms with van der Waals surface area (Å²) in [5.74, 6) is -1.15. The first-order valence-electron chi connectivity index (χ1n) is 6.51. The van der Waals surface area contributed by atoms with Gasteiger partial charge >= 0.3 is 11.9 Å². The number of esters is 2. The molecule has 0 radical (unpaired) electrons. The Kier molecular flexibility index (Phi) is 5.52. The predicted molar refractivity (Wildman–Crippen MR) is 66.1 cm³/mol. The lowest BCUT2D eigenvalue weighted by Gasteiger charge is -2.25. The Morgan fingerprint density at radius 1 is 0.842 bits per heavy atom. The fourth-order valence-corrected chi connectivity index (χ4v) is 1.94. The van der Waals surface area contributed by atoms with E-state index >= 15 is 0 Å². The summed E-state index contributed by atoms with van der Waals surface area (Å²) < 4.78 is 10.2. The van der Waals surface area contributed by atoms with E-state index in [0.29, 0.717) is 13.1 Å². The molecular formula is C11H20N4O4. The van der Waals surface area contributed by atoms with Crippen LogP contribution in [-0.4, -0.2) is 63.7 Å². The number of carbonyl (C=O) groups is 2. The molecule has 0 bridgehead atoms. The van der Waals surface area contributed by atoms with Crippen molar-refractivity contribution in [2.45, 2.75) is 18.9 Å². The lowest BCUT2D eigenvalue weighted by Crippen LogP contribution is -2.51. The maximum absolute atomic E-state index is 11.5.